The molecule has 0 aromatic carbocycles. The molecule has 5 heteroatoms. The number of allylic oxidation sites excluding steroid dienone is 3. The fourth-order valence-corrected chi connectivity index (χ4v) is 6.73. The van der Waals surface area contributed by atoms with Gasteiger partial charge in [-0.25, -0.2) is 0 Å². The van der Waals surface area contributed by atoms with Gasteiger partial charge in [0, 0.05) is 0 Å². The van der Waals surface area contributed by atoms with Crippen molar-refractivity contribution in [2.75, 3.05) is 0 Å². The molecule has 0 saturated heterocycles. The number of rotatable bonds is 2. The van der Waals surface area contributed by atoms with E-state index in [1.165, 1.54) is 0 Å². The summed E-state index contributed by atoms with van der Waals surface area (Å²) in [5, 5.41) is 0.350. The van der Waals surface area contributed by atoms with Crippen molar-refractivity contribution in [2.24, 2.45) is 0 Å². The first-order valence-corrected chi connectivity index (χ1v) is 11.4. The molecule has 1 aliphatic rings. The molecule has 0 N–H and O–H groups in total. The number of hydrogen-bond donors (Lipinski definition) is 0. The van der Waals surface area contributed by atoms with Crippen LogP contribution >= 0.6 is 24.8 Å². The minimum absolute atomic E-state index is 0. The van der Waals surface area contributed by atoms with Crippen LogP contribution in [0.2, 0.25) is 18.1 Å². The zero-order valence-electron chi connectivity index (χ0n) is 14.3. The van der Waals surface area contributed by atoms with Gasteiger partial charge in [-0.15, -0.1) is 24.8 Å². The number of nitrogens with zero attached hydrogens (tertiary/aromatic N) is 1. The quantitative estimate of drug-likeness (QED) is 0.466. The van der Waals surface area contributed by atoms with Crippen LogP contribution in [0.3, 0.4) is 0 Å². The standard InChI is InChI=1S/C15H28NSi.2ClH.Hf/c1-10-11(2)13(16-14(4,5)6)15(7,12(10)3)17(8)9;;;/h17H,1-9H3;2*1H;/q-1;;;+1. The zero-order chi connectivity index (χ0) is 14.5. The number of hydrogen-bond acceptors (Lipinski definition) is 1. The smallest absolute Gasteiger partial charge is 0.147 e. The Bertz CT molecular complexity index is 424. The summed E-state index contributed by atoms with van der Waals surface area (Å²) in [5.41, 5.74) is 6.60. The Morgan fingerprint density at radius 1 is 1.00 bits per heavy atom. The van der Waals surface area contributed by atoms with Gasteiger partial charge in [-0.1, -0.05) is 0 Å². The van der Waals surface area contributed by atoms with Crippen LogP contribution < -0.4 is 0 Å². The van der Waals surface area contributed by atoms with E-state index in [2.05, 4.69) is 64.4 Å². The molecule has 0 aromatic rings. The molecule has 0 amide bonds. The van der Waals surface area contributed by atoms with Crippen molar-refractivity contribution in [1.82, 2.24) is 2.89 Å². The molecule has 20 heavy (non-hydrogen) atoms. The fourth-order valence-electron chi connectivity index (χ4n) is 2.86. The summed E-state index contributed by atoms with van der Waals surface area (Å²) in [4.78, 5) is 0. The average Bonchev–Trinajstić information content (AvgIpc) is 2.40. The van der Waals surface area contributed by atoms with E-state index in [0.717, 1.165) is 24.7 Å². The third-order valence-corrected chi connectivity index (χ3v) is 11.0. The first kappa shape index (κ1) is 23.2. The van der Waals surface area contributed by atoms with Gasteiger partial charge in [-0.05, 0) is 0 Å². The molecule has 1 aliphatic carbocycles. The third kappa shape index (κ3) is 3.64. The molecule has 117 valence electrons. The largest absolute Gasteiger partial charge is 0.147 e. The Balaban J connectivity index is 0. The van der Waals surface area contributed by atoms with Gasteiger partial charge >= 0.3 is 131 Å². The van der Waals surface area contributed by atoms with Crippen LogP contribution in [-0.4, -0.2) is 17.2 Å². The molecule has 1 rings (SSSR count). The Kier molecular flexibility index (Phi) is 8.68. The summed E-state index contributed by atoms with van der Waals surface area (Å²) in [5.74, 6) is 0. The maximum atomic E-state index is 2.65. The summed E-state index contributed by atoms with van der Waals surface area (Å²) in [7, 11) is -0.794. The predicted molar refractivity (Wildman–Crippen MR) is 94.4 cm³/mol. The second-order valence-electron chi connectivity index (χ2n) is 7.09. The Hall–Kier alpha value is 0.947. The van der Waals surface area contributed by atoms with Crippen LogP contribution in [-0.2, 0) is 24.7 Å². The predicted octanol–water partition coefficient (Wildman–Crippen LogP) is 5.26. The fraction of sp³-hybridized carbons (Fsp3) is 0.733. The molecule has 0 aliphatic heterocycles. The minimum atomic E-state index is -0.794. The first-order chi connectivity index (χ1) is 7.95. The van der Waals surface area contributed by atoms with E-state index < -0.39 is 8.80 Å². The van der Waals surface area contributed by atoms with Gasteiger partial charge in [0.1, 0.15) is 0 Å². The first-order valence-electron chi connectivity index (χ1n) is 6.86. The van der Waals surface area contributed by atoms with E-state index >= 15 is 0 Å². The van der Waals surface area contributed by atoms with Crippen molar-refractivity contribution in [2.45, 2.75) is 72.1 Å². The maximum Gasteiger partial charge on any atom is -0.147 e. The van der Waals surface area contributed by atoms with Crippen LogP contribution in [0.4, 0.5) is 0 Å². The van der Waals surface area contributed by atoms with Crippen molar-refractivity contribution in [3.63, 3.8) is 0 Å². The molecule has 0 bridgehead atoms. The van der Waals surface area contributed by atoms with Crippen LogP contribution in [0, 0.1) is 0 Å². The maximum absolute atomic E-state index is 2.65. The van der Waals surface area contributed by atoms with E-state index in [9.17, 15) is 0 Å². The zero-order valence-corrected chi connectivity index (χ0v) is 20.7. The monoisotopic (exact) mass is 502 g/mol. The Morgan fingerprint density at radius 2 is 1.40 bits per heavy atom. The van der Waals surface area contributed by atoms with Crippen LogP contribution in [0.25, 0.3) is 0 Å². The molecule has 0 heterocycles. The van der Waals surface area contributed by atoms with Crippen molar-refractivity contribution < 1.29 is 24.7 Å². The minimum Gasteiger partial charge on any atom is -0.147 e. The van der Waals surface area contributed by atoms with Crippen LogP contribution in [0.5, 0.6) is 0 Å². The topological polar surface area (TPSA) is 3.24 Å². The molecule has 1 atom stereocenters. The molecular formula is C15H30Cl2HfNSi. The summed E-state index contributed by atoms with van der Waals surface area (Å²) < 4.78 is 2.65. The summed E-state index contributed by atoms with van der Waals surface area (Å²) in [6.07, 6.45) is 0. The average molecular weight is 502 g/mol. The normalized spacial score (nSPS) is 22.9. The second kappa shape index (κ2) is 7.48. The van der Waals surface area contributed by atoms with E-state index in [4.69, 9.17) is 0 Å². The van der Waals surface area contributed by atoms with Gasteiger partial charge in [0.25, 0.3) is 0 Å². The molecule has 0 radical (unpaired) electrons. The third-order valence-electron chi connectivity index (χ3n) is 4.80. The van der Waals surface area contributed by atoms with Gasteiger partial charge < -0.3 is 0 Å². The molecular weight excluding hydrogens is 472 g/mol. The Labute approximate surface area is 155 Å². The van der Waals surface area contributed by atoms with Crippen molar-refractivity contribution in [1.29, 1.82) is 0 Å². The summed E-state index contributed by atoms with van der Waals surface area (Å²) in [6, 6.07) is 0. The van der Waals surface area contributed by atoms with Gasteiger partial charge in [0.15, 0.2) is 0 Å². The van der Waals surface area contributed by atoms with Crippen molar-refractivity contribution in [3.05, 3.63) is 22.4 Å². The van der Waals surface area contributed by atoms with Gasteiger partial charge in [-0.3, -0.25) is 0 Å². The SMILES string of the molecule is CC1=C(C)C(C)([SiH](C)C)C([N]([Hf])C(C)(C)C)=C1C.Cl.Cl. The molecule has 0 spiro atoms. The number of halogens is 2. The van der Waals surface area contributed by atoms with E-state index in [1.807, 2.05) is 0 Å². The molecule has 0 aromatic heterocycles. The summed E-state index contributed by atoms with van der Waals surface area (Å²) >= 11 is 1.10. The van der Waals surface area contributed by atoms with Crippen LogP contribution in [0.15, 0.2) is 22.4 Å². The van der Waals surface area contributed by atoms with Gasteiger partial charge in [0.05, 0.1) is 0 Å². The van der Waals surface area contributed by atoms with Gasteiger partial charge in [0.2, 0.25) is 0 Å². The molecule has 1 unspecified atom stereocenters. The van der Waals surface area contributed by atoms with Crippen molar-refractivity contribution >= 4 is 33.6 Å². The molecule has 0 saturated carbocycles. The Morgan fingerprint density at radius 3 is 1.70 bits per heavy atom. The van der Waals surface area contributed by atoms with E-state index in [1.54, 1.807) is 22.4 Å². The second-order valence-corrected chi connectivity index (χ2v) is 12.2. The molecule has 1 nitrogen and oxygen atoms in total. The van der Waals surface area contributed by atoms with Crippen LogP contribution in [0.1, 0.15) is 48.5 Å². The van der Waals surface area contributed by atoms with Gasteiger partial charge in [-0.2, -0.15) is 0 Å². The summed E-state index contributed by atoms with van der Waals surface area (Å²) in [6.45, 7) is 21.5. The molecule has 0 fully saturated rings. The van der Waals surface area contributed by atoms with E-state index in [0.29, 0.717) is 5.04 Å². The van der Waals surface area contributed by atoms with Crippen molar-refractivity contribution in [3.8, 4) is 0 Å². The van der Waals surface area contributed by atoms with E-state index in [-0.39, 0.29) is 30.4 Å².